The van der Waals surface area contributed by atoms with Crippen molar-refractivity contribution in [1.29, 1.82) is 0 Å². The van der Waals surface area contributed by atoms with Crippen molar-refractivity contribution in [2.75, 3.05) is 20.2 Å². The third-order valence-corrected chi connectivity index (χ3v) is 5.05. The zero-order valence-corrected chi connectivity index (χ0v) is 11.5. The molecule has 1 atom stereocenters. The Kier molecular flexibility index (Phi) is 3.82. The summed E-state index contributed by atoms with van der Waals surface area (Å²) in [5, 5.41) is 8.78. The molecular weight excluding hydrogens is 288 g/mol. The number of aromatic nitrogens is 1. The number of carboxylic acids is 1. The van der Waals surface area contributed by atoms with Crippen LogP contribution in [0.5, 0.6) is 0 Å². The zero-order valence-electron chi connectivity index (χ0n) is 10.7. The number of H-pyrrole nitrogens is 1. The van der Waals surface area contributed by atoms with Gasteiger partial charge in [0.1, 0.15) is 10.6 Å². The number of nitrogens with one attached hydrogen (secondary N) is 1. The number of hydrogen-bond donors (Lipinski definition) is 2. The number of aromatic amines is 1. The van der Waals surface area contributed by atoms with Crippen LogP contribution >= 0.6 is 0 Å². The van der Waals surface area contributed by atoms with Crippen molar-refractivity contribution in [3.63, 3.8) is 0 Å². The van der Waals surface area contributed by atoms with Crippen molar-refractivity contribution >= 4 is 22.0 Å². The first-order valence-electron chi connectivity index (χ1n) is 5.86. The monoisotopic (exact) mass is 302 g/mol. The van der Waals surface area contributed by atoms with Gasteiger partial charge in [-0.05, 0) is 12.5 Å². The molecule has 1 saturated heterocycles. The number of carboxylic acid groups (broad SMARTS) is 1. The summed E-state index contributed by atoms with van der Waals surface area (Å²) < 4.78 is 30.3. The largest absolute Gasteiger partial charge is 0.477 e. The maximum Gasteiger partial charge on any atom is 0.352 e. The van der Waals surface area contributed by atoms with E-state index in [1.807, 2.05) is 0 Å². The minimum absolute atomic E-state index is 0.0442. The molecule has 0 amide bonds. The fourth-order valence-electron chi connectivity index (χ4n) is 2.10. The molecule has 0 aliphatic carbocycles. The average Bonchev–Trinajstić information content (AvgIpc) is 3.06. The number of carbonyl (C=O) groups is 2. The predicted molar refractivity (Wildman–Crippen MR) is 66.6 cm³/mol. The van der Waals surface area contributed by atoms with E-state index in [1.54, 1.807) is 0 Å². The Morgan fingerprint density at radius 3 is 2.75 bits per heavy atom. The Hall–Kier alpha value is -1.87. The second-order valence-electron chi connectivity index (χ2n) is 4.43. The third-order valence-electron chi connectivity index (χ3n) is 3.21. The van der Waals surface area contributed by atoms with Crippen LogP contribution in [0.2, 0.25) is 0 Å². The maximum absolute atomic E-state index is 12.3. The molecule has 1 fully saturated rings. The van der Waals surface area contributed by atoms with Crippen molar-refractivity contribution < 1.29 is 27.9 Å². The van der Waals surface area contributed by atoms with Gasteiger partial charge in [-0.2, -0.15) is 4.31 Å². The topological polar surface area (TPSA) is 117 Å². The van der Waals surface area contributed by atoms with Crippen LogP contribution < -0.4 is 0 Å². The average molecular weight is 302 g/mol. The molecule has 2 N–H and O–H groups in total. The summed E-state index contributed by atoms with van der Waals surface area (Å²) in [6.45, 7) is 0.248. The van der Waals surface area contributed by atoms with E-state index in [4.69, 9.17) is 5.11 Å². The zero-order chi connectivity index (χ0) is 14.9. The molecular formula is C11H14N2O6S. The van der Waals surface area contributed by atoms with Crippen LogP contribution in [-0.4, -0.2) is 55.0 Å². The number of esters is 1. The maximum atomic E-state index is 12.3. The van der Waals surface area contributed by atoms with Crippen molar-refractivity contribution in [1.82, 2.24) is 9.29 Å². The number of rotatable bonds is 4. The second-order valence-corrected chi connectivity index (χ2v) is 6.36. The Bertz CT molecular complexity index is 635. The Balaban J connectivity index is 2.19. The van der Waals surface area contributed by atoms with Gasteiger partial charge in [-0.25, -0.2) is 13.2 Å². The third kappa shape index (κ3) is 2.54. The number of aromatic carboxylic acids is 1. The highest BCUT2D eigenvalue weighted by molar-refractivity contribution is 7.89. The molecule has 20 heavy (non-hydrogen) atoms. The van der Waals surface area contributed by atoms with Crippen molar-refractivity contribution in [3.8, 4) is 0 Å². The summed E-state index contributed by atoms with van der Waals surface area (Å²) in [5.41, 5.74) is -0.202. The Morgan fingerprint density at radius 2 is 2.20 bits per heavy atom. The lowest BCUT2D eigenvalue weighted by Crippen LogP contribution is -2.30. The summed E-state index contributed by atoms with van der Waals surface area (Å²) in [6.07, 6.45) is 1.52. The number of nitrogens with zero attached hydrogens (tertiary/aromatic N) is 1. The summed E-state index contributed by atoms with van der Waals surface area (Å²) in [4.78, 5) is 24.4. The van der Waals surface area contributed by atoms with Gasteiger partial charge in [-0.15, -0.1) is 0 Å². The van der Waals surface area contributed by atoms with Crippen LogP contribution in [0.4, 0.5) is 0 Å². The summed E-state index contributed by atoms with van der Waals surface area (Å²) >= 11 is 0. The predicted octanol–water partition coefficient (Wildman–Crippen LogP) is -0.103. The molecule has 2 heterocycles. The lowest BCUT2D eigenvalue weighted by atomic mass is 10.1. The quantitative estimate of drug-likeness (QED) is 0.750. The molecule has 9 heteroatoms. The molecule has 0 aromatic carbocycles. The molecule has 0 bridgehead atoms. The van der Waals surface area contributed by atoms with Crippen molar-refractivity contribution in [3.05, 3.63) is 18.0 Å². The molecule has 110 valence electrons. The van der Waals surface area contributed by atoms with Crippen LogP contribution in [0.15, 0.2) is 17.2 Å². The molecule has 0 radical (unpaired) electrons. The summed E-state index contributed by atoms with van der Waals surface area (Å²) in [5.74, 6) is -2.16. The molecule has 8 nitrogen and oxygen atoms in total. The lowest BCUT2D eigenvalue weighted by molar-refractivity contribution is -0.144. The first-order chi connectivity index (χ1) is 9.36. The molecule has 1 aromatic rings. The van der Waals surface area contributed by atoms with Gasteiger partial charge in [0.15, 0.2) is 0 Å². The Morgan fingerprint density at radius 1 is 1.50 bits per heavy atom. The highest BCUT2D eigenvalue weighted by atomic mass is 32.2. The molecule has 1 aliphatic rings. The van der Waals surface area contributed by atoms with Gasteiger partial charge in [0.05, 0.1) is 13.0 Å². The van der Waals surface area contributed by atoms with E-state index in [-0.39, 0.29) is 23.7 Å². The molecule has 1 aromatic heterocycles. The van der Waals surface area contributed by atoms with E-state index in [1.165, 1.54) is 7.11 Å². The normalized spacial score (nSPS) is 19.9. The lowest BCUT2D eigenvalue weighted by Gasteiger charge is -2.14. The highest BCUT2D eigenvalue weighted by Crippen LogP contribution is 2.25. The number of ether oxygens (including phenoxy) is 1. The van der Waals surface area contributed by atoms with Gasteiger partial charge in [-0.1, -0.05) is 0 Å². The molecule has 1 aliphatic heterocycles. The van der Waals surface area contributed by atoms with Crippen LogP contribution in [-0.2, 0) is 19.6 Å². The number of sulfonamides is 1. The van der Waals surface area contributed by atoms with Crippen LogP contribution in [0.3, 0.4) is 0 Å². The first-order valence-corrected chi connectivity index (χ1v) is 7.30. The van der Waals surface area contributed by atoms with E-state index >= 15 is 0 Å². The highest BCUT2D eigenvalue weighted by Gasteiger charge is 2.36. The minimum atomic E-state index is -3.80. The van der Waals surface area contributed by atoms with Gasteiger partial charge in [0.2, 0.25) is 10.0 Å². The fraction of sp³-hybridized carbons (Fsp3) is 0.455. The number of hydrogen-bond acceptors (Lipinski definition) is 5. The van der Waals surface area contributed by atoms with Crippen LogP contribution in [0.1, 0.15) is 16.9 Å². The first kappa shape index (κ1) is 14.5. The van der Waals surface area contributed by atoms with Crippen molar-refractivity contribution in [2.45, 2.75) is 11.3 Å². The second kappa shape index (κ2) is 5.25. The van der Waals surface area contributed by atoms with Gasteiger partial charge in [0.25, 0.3) is 0 Å². The van der Waals surface area contributed by atoms with E-state index in [0.717, 1.165) is 16.6 Å². The Labute approximate surface area is 115 Å². The molecule has 0 spiro atoms. The van der Waals surface area contributed by atoms with E-state index in [0.29, 0.717) is 6.42 Å². The number of carbonyl (C=O) groups excluding carboxylic acids is 1. The summed E-state index contributed by atoms with van der Waals surface area (Å²) in [6, 6.07) is 1.06. The fourth-order valence-corrected chi connectivity index (χ4v) is 3.60. The van der Waals surface area contributed by atoms with Crippen LogP contribution in [0, 0.1) is 5.92 Å². The van der Waals surface area contributed by atoms with Gasteiger partial charge in [0, 0.05) is 19.3 Å². The van der Waals surface area contributed by atoms with E-state index in [9.17, 15) is 18.0 Å². The van der Waals surface area contributed by atoms with E-state index in [2.05, 4.69) is 9.72 Å². The SMILES string of the molecule is COC(=O)C1CCN(S(=O)(=O)c2c[nH]c(C(=O)O)c2)C1. The molecule has 2 rings (SSSR count). The summed E-state index contributed by atoms with van der Waals surface area (Å²) in [7, 11) is -2.54. The van der Waals surface area contributed by atoms with Crippen LogP contribution in [0.25, 0.3) is 0 Å². The van der Waals surface area contributed by atoms with E-state index < -0.39 is 27.9 Å². The van der Waals surface area contributed by atoms with Gasteiger partial charge < -0.3 is 14.8 Å². The molecule has 1 unspecified atom stereocenters. The smallest absolute Gasteiger partial charge is 0.352 e. The van der Waals surface area contributed by atoms with Gasteiger partial charge >= 0.3 is 11.9 Å². The number of methoxy groups -OCH3 is 1. The minimum Gasteiger partial charge on any atom is -0.477 e. The van der Waals surface area contributed by atoms with Crippen molar-refractivity contribution in [2.24, 2.45) is 5.92 Å². The standard InChI is InChI=1S/C11H14N2O6S/c1-19-11(16)7-2-3-13(6-7)20(17,18)8-4-9(10(14)15)12-5-8/h4-5,7,12H,2-3,6H2,1H3,(H,14,15). The molecule has 0 saturated carbocycles. The van der Waals surface area contributed by atoms with Gasteiger partial charge in [-0.3, -0.25) is 4.79 Å².